The van der Waals surface area contributed by atoms with Gasteiger partial charge in [-0.1, -0.05) is 51.9 Å². The summed E-state index contributed by atoms with van der Waals surface area (Å²) in [7, 11) is 0. The van der Waals surface area contributed by atoms with Crippen LogP contribution in [0.1, 0.15) is 58.3 Å². The summed E-state index contributed by atoms with van der Waals surface area (Å²) >= 11 is 0. The average molecular weight is 188 g/mol. The van der Waals surface area contributed by atoms with Crippen LogP contribution in [0.4, 0.5) is 0 Å². The fraction of sp³-hybridized carbons (Fsp3) is 1.00. The lowest BCUT2D eigenvalue weighted by Gasteiger charge is -2.05. The molecule has 0 aliphatic heterocycles. The molecule has 0 fully saturated rings. The second-order valence-electron chi connectivity index (χ2n) is 3.75. The maximum absolute atomic E-state index is 9.05. The zero-order valence-corrected chi connectivity index (χ0v) is 8.84. The lowest BCUT2D eigenvalue weighted by Crippen LogP contribution is -2.10. The Bertz CT molecular complexity index is 94.1. The number of unbranched alkanes of at least 4 members (excludes halogenated alkanes) is 6. The summed E-state index contributed by atoms with van der Waals surface area (Å²) in [6, 6.07) is 0. The first-order valence-corrected chi connectivity index (χ1v) is 5.60. The Kier molecular flexibility index (Phi) is 9.94. The van der Waals surface area contributed by atoms with Crippen molar-refractivity contribution in [2.75, 3.05) is 6.61 Å². The molecule has 2 nitrogen and oxygen atoms in total. The smallest absolute Gasteiger partial charge is 0.0770 e. The van der Waals surface area contributed by atoms with E-state index >= 15 is 0 Å². The molecule has 1 atom stereocenters. The van der Waals surface area contributed by atoms with Gasteiger partial charge in [0.1, 0.15) is 0 Å². The number of aliphatic hydroxyl groups is 2. The molecule has 0 aromatic rings. The van der Waals surface area contributed by atoms with E-state index < -0.39 is 6.10 Å². The molecule has 0 saturated carbocycles. The van der Waals surface area contributed by atoms with Crippen LogP contribution in [-0.4, -0.2) is 22.9 Å². The molecule has 0 spiro atoms. The van der Waals surface area contributed by atoms with E-state index in [2.05, 4.69) is 6.92 Å². The first-order chi connectivity index (χ1) is 6.31. The van der Waals surface area contributed by atoms with Crippen LogP contribution in [0.5, 0.6) is 0 Å². The summed E-state index contributed by atoms with van der Waals surface area (Å²) in [5.74, 6) is 0. The van der Waals surface area contributed by atoms with Crippen LogP contribution >= 0.6 is 0 Å². The minimum absolute atomic E-state index is 0.0875. The van der Waals surface area contributed by atoms with Crippen molar-refractivity contribution in [3.05, 3.63) is 0 Å². The van der Waals surface area contributed by atoms with E-state index in [1.807, 2.05) is 0 Å². The highest BCUT2D eigenvalue weighted by Gasteiger charge is 2.00. The summed E-state index contributed by atoms with van der Waals surface area (Å²) in [5, 5.41) is 17.6. The van der Waals surface area contributed by atoms with Gasteiger partial charge in [-0.3, -0.25) is 0 Å². The number of hydrogen-bond acceptors (Lipinski definition) is 2. The Labute approximate surface area is 82.0 Å². The van der Waals surface area contributed by atoms with Gasteiger partial charge in [-0.05, 0) is 6.42 Å². The quantitative estimate of drug-likeness (QED) is 0.546. The summed E-state index contributed by atoms with van der Waals surface area (Å²) < 4.78 is 0. The number of hydrogen-bond donors (Lipinski definition) is 2. The third-order valence-electron chi connectivity index (χ3n) is 2.35. The molecule has 0 unspecified atom stereocenters. The molecule has 0 aromatic carbocycles. The Hall–Kier alpha value is -0.0800. The molecule has 0 rings (SSSR count). The molecule has 0 amide bonds. The van der Waals surface area contributed by atoms with Crippen molar-refractivity contribution < 1.29 is 10.2 Å². The van der Waals surface area contributed by atoms with Gasteiger partial charge in [-0.2, -0.15) is 0 Å². The second-order valence-corrected chi connectivity index (χ2v) is 3.75. The van der Waals surface area contributed by atoms with Crippen molar-refractivity contribution in [3.8, 4) is 0 Å². The summed E-state index contributed by atoms with van der Waals surface area (Å²) in [4.78, 5) is 0. The van der Waals surface area contributed by atoms with Crippen LogP contribution in [0.3, 0.4) is 0 Å². The Balaban J connectivity index is 2.91. The van der Waals surface area contributed by atoms with Gasteiger partial charge in [-0.25, -0.2) is 0 Å². The van der Waals surface area contributed by atoms with Gasteiger partial charge >= 0.3 is 0 Å². The highest BCUT2D eigenvalue weighted by molar-refractivity contribution is 4.53. The minimum atomic E-state index is -0.490. The van der Waals surface area contributed by atoms with Gasteiger partial charge in [0, 0.05) is 0 Å². The minimum Gasteiger partial charge on any atom is -0.394 e. The molecule has 0 aliphatic carbocycles. The van der Waals surface area contributed by atoms with Gasteiger partial charge in [0.25, 0.3) is 0 Å². The first kappa shape index (κ1) is 12.9. The molecule has 0 aromatic heterocycles. The monoisotopic (exact) mass is 188 g/mol. The van der Waals surface area contributed by atoms with Crippen LogP contribution in [0.2, 0.25) is 0 Å². The third kappa shape index (κ3) is 9.84. The molecule has 0 bridgehead atoms. The van der Waals surface area contributed by atoms with Crippen molar-refractivity contribution in [1.29, 1.82) is 0 Å². The lowest BCUT2D eigenvalue weighted by molar-refractivity contribution is 0.0860. The molecule has 0 aliphatic rings. The van der Waals surface area contributed by atoms with Crippen LogP contribution in [0.25, 0.3) is 0 Å². The summed E-state index contributed by atoms with van der Waals surface area (Å²) in [5.41, 5.74) is 0. The molecular formula is C11H24O2. The fourth-order valence-corrected chi connectivity index (χ4v) is 1.43. The fourth-order valence-electron chi connectivity index (χ4n) is 1.43. The van der Waals surface area contributed by atoms with Crippen LogP contribution in [-0.2, 0) is 0 Å². The predicted molar refractivity (Wildman–Crippen MR) is 55.7 cm³/mol. The standard InChI is InChI=1S/C11H24O2/c1-2-3-4-5-6-7-8-9-11(13)10-12/h11-13H,2-10H2,1H3/t11-/m1/s1. The molecule has 0 saturated heterocycles. The van der Waals surface area contributed by atoms with E-state index in [1.165, 1.54) is 38.5 Å². The molecular weight excluding hydrogens is 164 g/mol. The molecule has 13 heavy (non-hydrogen) atoms. The molecule has 0 heterocycles. The summed E-state index contributed by atoms with van der Waals surface area (Å²) in [6.07, 6.45) is 9.09. The zero-order chi connectivity index (χ0) is 9.94. The number of aliphatic hydroxyl groups excluding tert-OH is 2. The largest absolute Gasteiger partial charge is 0.394 e. The van der Waals surface area contributed by atoms with E-state index in [1.54, 1.807) is 0 Å². The highest BCUT2D eigenvalue weighted by Crippen LogP contribution is 2.09. The Morgan fingerprint density at radius 1 is 0.923 bits per heavy atom. The van der Waals surface area contributed by atoms with Crippen molar-refractivity contribution in [3.63, 3.8) is 0 Å². The second kappa shape index (κ2) is 10.0. The lowest BCUT2D eigenvalue weighted by atomic mass is 10.1. The van der Waals surface area contributed by atoms with Crippen molar-refractivity contribution >= 4 is 0 Å². The van der Waals surface area contributed by atoms with Gasteiger partial charge in [0.05, 0.1) is 12.7 Å². The maximum Gasteiger partial charge on any atom is 0.0770 e. The Morgan fingerprint density at radius 2 is 1.46 bits per heavy atom. The van der Waals surface area contributed by atoms with E-state index in [4.69, 9.17) is 10.2 Å². The third-order valence-corrected chi connectivity index (χ3v) is 2.35. The summed E-state index contributed by atoms with van der Waals surface area (Å²) in [6.45, 7) is 2.13. The van der Waals surface area contributed by atoms with E-state index in [9.17, 15) is 0 Å². The first-order valence-electron chi connectivity index (χ1n) is 5.60. The topological polar surface area (TPSA) is 40.5 Å². The SMILES string of the molecule is CCCCCCCCC[C@@H](O)CO. The maximum atomic E-state index is 9.05. The van der Waals surface area contributed by atoms with Crippen molar-refractivity contribution in [2.45, 2.75) is 64.4 Å². The molecule has 2 N–H and O–H groups in total. The van der Waals surface area contributed by atoms with Crippen LogP contribution in [0, 0.1) is 0 Å². The van der Waals surface area contributed by atoms with E-state index in [0.717, 1.165) is 12.8 Å². The van der Waals surface area contributed by atoms with Crippen LogP contribution < -0.4 is 0 Å². The zero-order valence-electron chi connectivity index (χ0n) is 8.84. The predicted octanol–water partition coefficient (Wildman–Crippen LogP) is 2.48. The van der Waals surface area contributed by atoms with Crippen LogP contribution in [0.15, 0.2) is 0 Å². The highest BCUT2D eigenvalue weighted by atomic mass is 16.3. The Morgan fingerprint density at radius 3 is 2.00 bits per heavy atom. The number of rotatable bonds is 9. The van der Waals surface area contributed by atoms with Crippen molar-refractivity contribution in [1.82, 2.24) is 0 Å². The molecule has 0 radical (unpaired) electrons. The molecule has 2 heteroatoms. The van der Waals surface area contributed by atoms with E-state index in [-0.39, 0.29) is 6.61 Å². The molecule has 80 valence electrons. The van der Waals surface area contributed by atoms with Crippen molar-refractivity contribution in [2.24, 2.45) is 0 Å². The van der Waals surface area contributed by atoms with Gasteiger partial charge in [-0.15, -0.1) is 0 Å². The average Bonchev–Trinajstić information content (AvgIpc) is 2.16. The van der Waals surface area contributed by atoms with E-state index in [0.29, 0.717) is 0 Å². The van der Waals surface area contributed by atoms with Gasteiger partial charge in [0.2, 0.25) is 0 Å². The van der Waals surface area contributed by atoms with Gasteiger partial charge in [0.15, 0.2) is 0 Å². The normalized spacial score (nSPS) is 13.2. The van der Waals surface area contributed by atoms with Gasteiger partial charge < -0.3 is 10.2 Å².